The van der Waals surface area contributed by atoms with E-state index in [-0.39, 0.29) is 11.5 Å². The third-order valence-electron chi connectivity index (χ3n) is 5.52. The molecule has 0 bridgehead atoms. The van der Waals surface area contributed by atoms with E-state index in [1.165, 1.54) is 15.9 Å². The first kappa shape index (κ1) is 18.4. The molecule has 1 aliphatic heterocycles. The second-order valence-electron chi connectivity index (χ2n) is 7.29. The summed E-state index contributed by atoms with van der Waals surface area (Å²) in [6, 6.07) is 19.5. The molecule has 6 rings (SSSR count). The minimum atomic E-state index is -0.330. The van der Waals surface area contributed by atoms with Gasteiger partial charge < -0.3 is 4.90 Å². The standard InChI is InChI=1S/C23H13BrN4O2S/c1-27-17-10-9-13(24)11-16(17)18(21(27)29)19-22(30)28-23(31-19)25-20(26-28)15-8-4-6-12-5-2-3-7-14(12)15/h2-11H,1H3/b19-18-. The molecular formula is C23H13BrN4O2S. The van der Waals surface area contributed by atoms with Crippen LogP contribution in [0.2, 0.25) is 0 Å². The Balaban J connectivity index is 1.60. The molecule has 0 spiro atoms. The van der Waals surface area contributed by atoms with E-state index in [9.17, 15) is 9.59 Å². The van der Waals surface area contributed by atoms with Crippen LogP contribution in [0.5, 0.6) is 0 Å². The Bertz CT molecular complexity index is 1670. The molecule has 0 atom stereocenters. The number of likely N-dealkylation sites (N-methyl/N-ethyl adjacent to an activating group) is 1. The highest BCUT2D eigenvalue weighted by Crippen LogP contribution is 2.36. The van der Waals surface area contributed by atoms with Crippen molar-refractivity contribution in [3.05, 3.63) is 85.6 Å². The van der Waals surface area contributed by atoms with Gasteiger partial charge in [0, 0.05) is 22.6 Å². The molecule has 0 aliphatic carbocycles. The molecule has 6 nitrogen and oxygen atoms in total. The lowest BCUT2D eigenvalue weighted by Crippen LogP contribution is -2.30. The summed E-state index contributed by atoms with van der Waals surface area (Å²) < 4.78 is 2.50. The van der Waals surface area contributed by atoms with Crippen LogP contribution in [0.25, 0.3) is 32.7 Å². The van der Waals surface area contributed by atoms with E-state index in [0.29, 0.717) is 20.9 Å². The minimum Gasteiger partial charge on any atom is -0.311 e. The average molecular weight is 489 g/mol. The minimum absolute atomic E-state index is 0.205. The number of carbonyl (C=O) groups is 1. The molecule has 1 amide bonds. The van der Waals surface area contributed by atoms with Gasteiger partial charge in [0.1, 0.15) is 4.53 Å². The molecule has 2 aromatic heterocycles. The topological polar surface area (TPSA) is 67.6 Å². The van der Waals surface area contributed by atoms with Crippen molar-refractivity contribution in [1.29, 1.82) is 0 Å². The SMILES string of the molecule is CN1C(=O)/C(=c2\sc3nc(-c4cccc5ccccc45)nn3c2=O)c2cc(Br)ccc21. The van der Waals surface area contributed by atoms with Crippen molar-refractivity contribution < 1.29 is 4.79 Å². The Hall–Kier alpha value is -3.36. The number of nitrogens with zero attached hydrogens (tertiary/aromatic N) is 4. The monoisotopic (exact) mass is 488 g/mol. The molecule has 3 aromatic carbocycles. The van der Waals surface area contributed by atoms with Crippen molar-refractivity contribution in [3.8, 4) is 11.4 Å². The lowest BCUT2D eigenvalue weighted by Gasteiger charge is -2.08. The number of fused-ring (bicyclic) bond motifs is 3. The van der Waals surface area contributed by atoms with Gasteiger partial charge in [0.2, 0.25) is 4.96 Å². The van der Waals surface area contributed by atoms with Gasteiger partial charge in [-0.15, -0.1) is 5.10 Å². The van der Waals surface area contributed by atoms with Crippen LogP contribution >= 0.6 is 27.3 Å². The van der Waals surface area contributed by atoms with Crippen LogP contribution in [0.15, 0.2) is 69.9 Å². The van der Waals surface area contributed by atoms with Crippen LogP contribution in [0.1, 0.15) is 5.56 Å². The third kappa shape index (κ3) is 2.62. The Kier molecular flexibility index (Phi) is 3.90. The molecule has 0 unspecified atom stereocenters. The van der Waals surface area contributed by atoms with Crippen LogP contribution in [-0.2, 0) is 4.79 Å². The number of aromatic nitrogens is 3. The van der Waals surface area contributed by atoms with E-state index >= 15 is 0 Å². The highest BCUT2D eigenvalue weighted by Gasteiger charge is 2.32. The molecule has 0 saturated carbocycles. The Morgan fingerprint density at radius 3 is 2.61 bits per heavy atom. The number of amides is 1. The molecule has 0 saturated heterocycles. The fourth-order valence-electron chi connectivity index (χ4n) is 4.03. The van der Waals surface area contributed by atoms with Gasteiger partial charge in [-0.1, -0.05) is 69.7 Å². The van der Waals surface area contributed by atoms with Gasteiger partial charge in [0.15, 0.2) is 5.82 Å². The van der Waals surface area contributed by atoms with E-state index in [0.717, 1.165) is 32.1 Å². The highest BCUT2D eigenvalue weighted by atomic mass is 79.9. The predicted octanol–water partition coefficient (Wildman–Crippen LogP) is 3.63. The normalized spacial score (nSPS) is 15.3. The van der Waals surface area contributed by atoms with Crippen molar-refractivity contribution in [2.75, 3.05) is 11.9 Å². The lowest BCUT2D eigenvalue weighted by atomic mass is 10.0. The number of anilines is 1. The van der Waals surface area contributed by atoms with Crippen LogP contribution < -0.4 is 15.0 Å². The van der Waals surface area contributed by atoms with E-state index in [4.69, 9.17) is 0 Å². The number of hydrogen-bond acceptors (Lipinski definition) is 5. The molecule has 0 N–H and O–H groups in total. The second-order valence-corrected chi connectivity index (χ2v) is 9.19. The molecule has 150 valence electrons. The Labute approximate surface area is 188 Å². The summed E-state index contributed by atoms with van der Waals surface area (Å²) in [6.07, 6.45) is 0. The summed E-state index contributed by atoms with van der Waals surface area (Å²) in [4.78, 5) is 32.8. The second kappa shape index (κ2) is 6.57. The third-order valence-corrected chi connectivity index (χ3v) is 7.05. The molecule has 5 aromatic rings. The molecular weight excluding hydrogens is 476 g/mol. The maximum atomic E-state index is 13.2. The number of thiazole rings is 1. The molecule has 0 fully saturated rings. The molecule has 0 radical (unpaired) electrons. The number of benzene rings is 3. The first-order valence-corrected chi connectivity index (χ1v) is 11.1. The van der Waals surface area contributed by atoms with Crippen LogP contribution in [0.4, 0.5) is 5.69 Å². The summed E-state index contributed by atoms with van der Waals surface area (Å²) in [5.74, 6) is 0.290. The highest BCUT2D eigenvalue weighted by molar-refractivity contribution is 9.10. The van der Waals surface area contributed by atoms with Crippen LogP contribution in [-0.4, -0.2) is 27.6 Å². The van der Waals surface area contributed by atoms with Gasteiger partial charge in [0.25, 0.3) is 11.5 Å². The van der Waals surface area contributed by atoms with Gasteiger partial charge in [0.05, 0.1) is 11.3 Å². The average Bonchev–Trinajstić information content (AvgIpc) is 3.39. The number of rotatable bonds is 1. The molecule has 8 heteroatoms. The summed E-state index contributed by atoms with van der Waals surface area (Å²) in [6.45, 7) is 0. The fraction of sp³-hybridized carbons (Fsp3) is 0.0435. The molecule has 3 heterocycles. The van der Waals surface area contributed by atoms with Crippen molar-refractivity contribution in [2.24, 2.45) is 0 Å². The van der Waals surface area contributed by atoms with Gasteiger partial charge >= 0.3 is 0 Å². The fourth-order valence-corrected chi connectivity index (χ4v) is 5.39. The smallest absolute Gasteiger partial charge is 0.291 e. The van der Waals surface area contributed by atoms with Gasteiger partial charge in [-0.3, -0.25) is 9.59 Å². The summed E-state index contributed by atoms with van der Waals surface area (Å²) in [5, 5.41) is 6.60. The Morgan fingerprint density at radius 2 is 1.77 bits per heavy atom. The maximum absolute atomic E-state index is 13.2. The quantitative estimate of drug-likeness (QED) is 0.361. The van der Waals surface area contributed by atoms with E-state index in [1.807, 2.05) is 60.7 Å². The van der Waals surface area contributed by atoms with Crippen molar-refractivity contribution in [3.63, 3.8) is 0 Å². The largest absolute Gasteiger partial charge is 0.311 e. The summed E-state index contributed by atoms with van der Waals surface area (Å²) in [5.41, 5.74) is 2.45. The molecule has 31 heavy (non-hydrogen) atoms. The number of halogens is 1. The van der Waals surface area contributed by atoms with Gasteiger partial charge in [-0.25, -0.2) is 0 Å². The van der Waals surface area contributed by atoms with E-state index in [2.05, 4.69) is 26.0 Å². The summed E-state index contributed by atoms with van der Waals surface area (Å²) >= 11 is 4.65. The van der Waals surface area contributed by atoms with E-state index < -0.39 is 0 Å². The first-order chi connectivity index (χ1) is 15.0. The van der Waals surface area contributed by atoms with Crippen LogP contribution in [0.3, 0.4) is 0 Å². The van der Waals surface area contributed by atoms with Gasteiger partial charge in [-0.2, -0.15) is 9.50 Å². The number of carbonyl (C=O) groups excluding carboxylic acids is 1. The predicted molar refractivity (Wildman–Crippen MR) is 125 cm³/mol. The lowest BCUT2D eigenvalue weighted by molar-refractivity contribution is -0.112. The number of hydrogen-bond donors (Lipinski definition) is 0. The van der Waals surface area contributed by atoms with Crippen molar-refractivity contribution in [2.45, 2.75) is 0 Å². The first-order valence-electron chi connectivity index (χ1n) is 9.53. The zero-order valence-corrected chi connectivity index (χ0v) is 18.6. The van der Waals surface area contributed by atoms with Crippen molar-refractivity contribution >= 4 is 60.2 Å². The van der Waals surface area contributed by atoms with E-state index in [1.54, 1.807) is 11.9 Å². The maximum Gasteiger partial charge on any atom is 0.291 e. The summed E-state index contributed by atoms with van der Waals surface area (Å²) in [7, 11) is 1.71. The Morgan fingerprint density at radius 1 is 0.968 bits per heavy atom. The zero-order valence-electron chi connectivity index (χ0n) is 16.2. The zero-order chi connectivity index (χ0) is 21.3. The van der Waals surface area contributed by atoms with Crippen molar-refractivity contribution in [1.82, 2.24) is 14.6 Å². The van der Waals surface area contributed by atoms with Gasteiger partial charge in [-0.05, 0) is 29.0 Å². The molecule has 1 aliphatic rings. The van der Waals surface area contributed by atoms with Crippen LogP contribution in [0, 0.1) is 0 Å².